The predicted molar refractivity (Wildman–Crippen MR) is 138 cm³/mol. The van der Waals surface area contributed by atoms with Gasteiger partial charge in [-0.15, -0.1) is 0 Å². The Morgan fingerprint density at radius 3 is 1.20 bits per heavy atom. The van der Waals surface area contributed by atoms with Crippen LogP contribution in [0.1, 0.15) is 27.7 Å². The lowest BCUT2D eigenvalue weighted by molar-refractivity contribution is -0.00100. The van der Waals surface area contributed by atoms with Crippen LogP contribution in [0.25, 0.3) is 0 Å². The highest BCUT2D eigenvalue weighted by Crippen LogP contribution is 2.84. The van der Waals surface area contributed by atoms with Crippen LogP contribution in [0.15, 0.2) is 83.0 Å². The zero-order chi connectivity index (χ0) is 20.1. The van der Waals surface area contributed by atoms with Gasteiger partial charge >= 0.3 is 0 Å². The van der Waals surface area contributed by atoms with E-state index in [4.69, 9.17) is 0 Å². The molecule has 6 heteroatoms. The minimum atomic E-state index is -1.51. The summed E-state index contributed by atoms with van der Waals surface area (Å²) in [6.45, 7) is 9.50. The van der Waals surface area contributed by atoms with Crippen LogP contribution < -0.4 is 44.6 Å². The fourth-order valence-corrected chi connectivity index (χ4v) is 22.1. The summed E-state index contributed by atoms with van der Waals surface area (Å²) in [6.07, 6.45) is 2.39. The molecule has 0 nitrogen and oxygen atoms in total. The van der Waals surface area contributed by atoms with Crippen molar-refractivity contribution in [3.8, 4) is 0 Å². The molecule has 2 heterocycles. The summed E-state index contributed by atoms with van der Waals surface area (Å²) in [5, 5.41) is 3.03. The SMILES string of the molecule is CC1=C(C)C(C2C(C)=C(C)C[P+]2(Br)c2ccccc2)[P+](Br)(c2ccccc2)C1.[Br-].[Br-]. The molecule has 2 aliphatic heterocycles. The molecule has 2 aliphatic rings. The van der Waals surface area contributed by atoms with Crippen molar-refractivity contribution >= 4 is 53.5 Å². The standard InChI is InChI=1S/C24H28Br2P2.2BrH/c1-17-15-27(25,21-11-7-5-8-12-21)23(19(17)3)24-20(4)18(2)16-28(24,26)22-13-9-6-10-14-22;;/h5-14,23-24H,15-16H2,1-4H3;2*1H/q+2;;/p-2. The molecule has 4 unspecified atom stereocenters. The van der Waals surface area contributed by atoms with Crippen LogP contribution in [0.5, 0.6) is 0 Å². The van der Waals surface area contributed by atoms with Crippen LogP contribution in [0.4, 0.5) is 0 Å². The van der Waals surface area contributed by atoms with E-state index in [0.29, 0.717) is 11.3 Å². The Morgan fingerprint density at radius 1 is 0.600 bits per heavy atom. The highest BCUT2D eigenvalue weighted by atomic mass is 79.9. The molecule has 2 aromatic rings. The summed E-state index contributed by atoms with van der Waals surface area (Å²) in [5.41, 5.74) is 7.55. The van der Waals surface area contributed by atoms with Crippen LogP contribution >= 0.6 is 42.9 Å². The van der Waals surface area contributed by atoms with Crippen molar-refractivity contribution in [1.82, 2.24) is 0 Å². The van der Waals surface area contributed by atoms with Gasteiger partial charge in [0, 0.05) is 0 Å². The molecule has 0 saturated heterocycles. The van der Waals surface area contributed by atoms with E-state index >= 15 is 0 Å². The first kappa shape index (κ1) is 26.9. The number of benzene rings is 2. The lowest BCUT2D eigenvalue weighted by Gasteiger charge is -2.33. The number of hydrogen-bond donors (Lipinski definition) is 0. The van der Waals surface area contributed by atoms with Gasteiger partial charge in [-0.1, -0.05) is 36.4 Å². The number of hydrogen-bond acceptors (Lipinski definition) is 0. The number of allylic oxidation sites excluding steroid dienone is 4. The van der Waals surface area contributed by atoms with Gasteiger partial charge in [-0.25, -0.2) is 0 Å². The maximum absolute atomic E-state index is 4.43. The smallest absolute Gasteiger partial charge is 0.147 e. The Morgan fingerprint density at radius 2 is 0.900 bits per heavy atom. The van der Waals surface area contributed by atoms with Gasteiger partial charge in [-0.2, -0.15) is 0 Å². The second-order valence-electron chi connectivity index (χ2n) is 8.35. The van der Waals surface area contributed by atoms with E-state index in [1.54, 1.807) is 22.3 Å². The van der Waals surface area contributed by atoms with Crippen LogP contribution in [0.2, 0.25) is 0 Å². The van der Waals surface area contributed by atoms with Gasteiger partial charge in [0.1, 0.15) is 64.8 Å². The third kappa shape index (κ3) is 4.41. The zero-order valence-electron chi connectivity index (χ0n) is 17.7. The molecule has 0 spiro atoms. The molecule has 0 saturated carbocycles. The van der Waals surface area contributed by atoms with Gasteiger partial charge in [-0.3, -0.25) is 0 Å². The van der Waals surface area contributed by atoms with Gasteiger partial charge in [0.05, 0.1) is 12.3 Å². The van der Waals surface area contributed by atoms with Crippen molar-refractivity contribution in [2.45, 2.75) is 39.0 Å². The largest absolute Gasteiger partial charge is 1.00 e. The van der Waals surface area contributed by atoms with Gasteiger partial charge in [0.25, 0.3) is 0 Å². The van der Waals surface area contributed by atoms with Crippen molar-refractivity contribution in [1.29, 1.82) is 0 Å². The van der Waals surface area contributed by atoms with E-state index in [1.165, 1.54) is 22.9 Å². The van der Waals surface area contributed by atoms with Crippen LogP contribution in [0, 0.1) is 0 Å². The van der Waals surface area contributed by atoms with Crippen molar-refractivity contribution in [3.05, 3.63) is 83.0 Å². The van der Waals surface area contributed by atoms with E-state index in [0.717, 1.165) is 0 Å². The summed E-state index contributed by atoms with van der Waals surface area (Å²) >= 11 is 8.85. The fraction of sp³-hybridized carbons (Fsp3) is 0.333. The molecule has 0 radical (unpaired) electrons. The first-order valence-electron chi connectivity index (χ1n) is 9.87. The normalized spacial score (nSPS) is 30.9. The molecule has 0 aliphatic carbocycles. The Kier molecular flexibility index (Phi) is 9.27. The molecule has 0 amide bonds. The summed E-state index contributed by atoms with van der Waals surface area (Å²) in [5.74, 6) is -3.01. The molecule has 30 heavy (non-hydrogen) atoms. The maximum atomic E-state index is 4.43. The van der Waals surface area contributed by atoms with Gasteiger partial charge in [0.2, 0.25) is 0 Å². The quantitative estimate of drug-likeness (QED) is 0.339. The van der Waals surface area contributed by atoms with E-state index in [9.17, 15) is 0 Å². The van der Waals surface area contributed by atoms with E-state index < -0.39 is 11.9 Å². The fourth-order valence-electron chi connectivity index (χ4n) is 5.03. The molecule has 4 rings (SSSR count). The second kappa shape index (κ2) is 10.3. The van der Waals surface area contributed by atoms with Crippen LogP contribution in [0.3, 0.4) is 0 Å². The van der Waals surface area contributed by atoms with Crippen molar-refractivity contribution < 1.29 is 34.0 Å². The first-order valence-corrected chi connectivity index (χ1v) is 18.0. The molecule has 2 aromatic carbocycles. The molecular weight excluding hydrogens is 670 g/mol. The van der Waals surface area contributed by atoms with Crippen LogP contribution in [-0.4, -0.2) is 23.6 Å². The van der Waals surface area contributed by atoms with E-state index in [-0.39, 0.29) is 34.0 Å². The topological polar surface area (TPSA) is 0 Å². The Bertz CT molecular complexity index is 878. The van der Waals surface area contributed by atoms with Gasteiger partial charge < -0.3 is 34.0 Å². The zero-order valence-corrected chi connectivity index (χ0v) is 25.9. The van der Waals surface area contributed by atoms with Gasteiger partial charge in [0.15, 0.2) is 0 Å². The molecule has 0 aromatic heterocycles. The summed E-state index contributed by atoms with van der Waals surface area (Å²) < 4.78 is 0. The first-order chi connectivity index (χ1) is 13.3. The summed E-state index contributed by atoms with van der Waals surface area (Å²) in [7, 11) is 0. The van der Waals surface area contributed by atoms with E-state index in [1.807, 2.05) is 0 Å². The van der Waals surface area contributed by atoms with Crippen molar-refractivity contribution in [3.63, 3.8) is 0 Å². The average molecular weight is 698 g/mol. The molecule has 0 bridgehead atoms. The van der Waals surface area contributed by atoms with Crippen molar-refractivity contribution in [2.24, 2.45) is 0 Å². The maximum Gasteiger partial charge on any atom is 0.147 e. The highest BCUT2D eigenvalue weighted by molar-refractivity contribution is 9.43. The van der Waals surface area contributed by atoms with Crippen LogP contribution in [-0.2, 0) is 0 Å². The molecule has 0 fully saturated rings. The lowest BCUT2D eigenvalue weighted by Crippen LogP contribution is -3.00. The summed E-state index contributed by atoms with van der Waals surface area (Å²) in [4.78, 5) is 0. The molecule has 0 N–H and O–H groups in total. The molecule has 4 atom stereocenters. The summed E-state index contributed by atoms with van der Waals surface area (Å²) in [6, 6.07) is 22.5. The molecule has 162 valence electrons. The lowest BCUT2D eigenvalue weighted by atomic mass is 10.0. The number of halogens is 4. The predicted octanol–water partition coefficient (Wildman–Crippen LogP) is 1.74. The molecular formula is C24H28Br4P2. The third-order valence-corrected chi connectivity index (χ3v) is 20.9. The number of rotatable bonds is 3. The minimum absolute atomic E-state index is 0. The second-order valence-corrected chi connectivity index (χ2v) is 21.8. The Labute approximate surface area is 220 Å². The third-order valence-electron chi connectivity index (χ3n) is 6.72. The minimum Gasteiger partial charge on any atom is -1.00 e. The monoisotopic (exact) mass is 694 g/mol. The van der Waals surface area contributed by atoms with Gasteiger partial charge in [-0.05, 0) is 74.3 Å². The van der Waals surface area contributed by atoms with Crippen molar-refractivity contribution in [2.75, 3.05) is 12.3 Å². The Balaban J connectivity index is 0.00000160. The highest BCUT2D eigenvalue weighted by Gasteiger charge is 2.66. The Hall–Kier alpha value is 0.700. The van der Waals surface area contributed by atoms with E-state index in [2.05, 4.69) is 119 Å². The average Bonchev–Trinajstić information content (AvgIpc) is 3.07.